The van der Waals surface area contributed by atoms with Gasteiger partial charge in [0.15, 0.2) is 0 Å². The Balaban J connectivity index is 2.37. The minimum Gasteiger partial charge on any atom is -0.364 e. The fourth-order valence-corrected chi connectivity index (χ4v) is 1.29. The molecule has 0 radical (unpaired) electrons. The first-order valence-electron chi connectivity index (χ1n) is 4.34. The highest BCUT2D eigenvalue weighted by molar-refractivity contribution is 6.09. The Labute approximate surface area is 81.9 Å². The van der Waals surface area contributed by atoms with Gasteiger partial charge in [0.05, 0.1) is 5.71 Å². The monoisotopic (exact) mass is 186 g/mol. The number of hydrogen-bond acceptors (Lipinski definition) is 3. The lowest BCUT2D eigenvalue weighted by molar-refractivity contribution is 0.418. The van der Waals surface area contributed by atoms with E-state index in [0.29, 0.717) is 11.4 Å². The lowest BCUT2D eigenvalue weighted by atomic mass is 10.1. The molecule has 1 aromatic heterocycles. The summed E-state index contributed by atoms with van der Waals surface area (Å²) in [5, 5.41) is 11.6. The highest BCUT2D eigenvalue weighted by Gasteiger charge is 2.06. The molecule has 2 aromatic rings. The number of hydrogen-bond donors (Lipinski definition) is 1. The quantitative estimate of drug-likeness (QED) is 0.732. The third kappa shape index (κ3) is 1.57. The normalized spacial score (nSPS) is 10.1. The van der Waals surface area contributed by atoms with E-state index in [9.17, 15) is 0 Å². The summed E-state index contributed by atoms with van der Waals surface area (Å²) in [6.45, 7) is 2.00. The van der Waals surface area contributed by atoms with Crippen LogP contribution >= 0.6 is 0 Å². The van der Waals surface area contributed by atoms with Crippen molar-refractivity contribution in [1.29, 1.82) is 5.41 Å². The standard InChI is InChI=1S/C11H10N2O/c1-8-3-2-4-9(7-8)11(12)10-5-6-14-13-10/h2-7,12H,1H3. The van der Waals surface area contributed by atoms with Crippen LogP contribution in [0.5, 0.6) is 0 Å². The maximum atomic E-state index is 7.86. The van der Waals surface area contributed by atoms with Crippen molar-refractivity contribution in [2.24, 2.45) is 0 Å². The molecule has 3 nitrogen and oxygen atoms in total. The van der Waals surface area contributed by atoms with Crippen LogP contribution in [0, 0.1) is 12.3 Å². The van der Waals surface area contributed by atoms with Crippen molar-refractivity contribution in [2.45, 2.75) is 6.92 Å². The summed E-state index contributed by atoms with van der Waals surface area (Å²) in [4.78, 5) is 0. The van der Waals surface area contributed by atoms with Gasteiger partial charge in [-0.3, -0.25) is 5.41 Å². The summed E-state index contributed by atoms with van der Waals surface area (Å²) < 4.78 is 4.70. The maximum Gasteiger partial charge on any atom is 0.132 e. The molecule has 0 atom stereocenters. The van der Waals surface area contributed by atoms with Crippen molar-refractivity contribution in [3.05, 3.63) is 53.4 Å². The van der Waals surface area contributed by atoms with Gasteiger partial charge in [-0.25, -0.2) is 0 Å². The predicted octanol–water partition coefficient (Wildman–Crippen LogP) is 2.40. The van der Waals surface area contributed by atoms with Crippen LogP contribution in [0.25, 0.3) is 0 Å². The molecule has 0 spiro atoms. The number of aryl methyl sites for hydroxylation is 1. The molecule has 2 rings (SSSR count). The summed E-state index contributed by atoms with van der Waals surface area (Å²) in [6.07, 6.45) is 1.47. The summed E-state index contributed by atoms with van der Waals surface area (Å²) in [6, 6.07) is 9.46. The molecule has 0 saturated carbocycles. The number of nitrogens with one attached hydrogen (secondary N) is 1. The zero-order chi connectivity index (χ0) is 9.97. The largest absolute Gasteiger partial charge is 0.364 e. The van der Waals surface area contributed by atoms with E-state index < -0.39 is 0 Å². The molecule has 0 aliphatic heterocycles. The topological polar surface area (TPSA) is 49.9 Å². The zero-order valence-corrected chi connectivity index (χ0v) is 7.82. The molecule has 70 valence electrons. The molecular formula is C11H10N2O. The lowest BCUT2D eigenvalue weighted by Crippen LogP contribution is -2.01. The second kappa shape index (κ2) is 3.46. The smallest absolute Gasteiger partial charge is 0.132 e. The fraction of sp³-hybridized carbons (Fsp3) is 0.0909. The number of benzene rings is 1. The van der Waals surface area contributed by atoms with E-state index >= 15 is 0 Å². The molecule has 1 aromatic carbocycles. The third-order valence-corrected chi connectivity index (χ3v) is 2.00. The summed E-state index contributed by atoms with van der Waals surface area (Å²) >= 11 is 0. The first-order chi connectivity index (χ1) is 6.77. The van der Waals surface area contributed by atoms with Gasteiger partial charge >= 0.3 is 0 Å². The van der Waals surface area contributed by atoms with Gasteiger partial charge < -0.3 is 4.52 Å². The van der Waals surface area contributed by atoms with Crippen molar-refractivity contribution < 1.29 is 4.52 Å². The second-order valence-electron chi connectivity index (χ2n) is 3.13. The van der Waals surface area contributed by atoms with Crippen LogP contribution in [0.4, 0.5) is 0 Å². The average molecular weight is 186 g/mol. The molecular weight excluding hydrogens is 176 g/mol. The van der Waals surface area contributed by atoms with Crippen LogP contribution in [0.3, 0.4) is 0 Å². The molecule has 1 heterocycles. The highest BCUT2D eigenvalue weighted by atomic mass is 16.5. The molecule has 0 fully saturated rings. The minimum absolute atomic E-state index is 0.391. The summed E-state index contributed by atoms with van der Waals surface area (Å²) in [7, 11) is 0. The Kier molecular flexibility index (Phi) is 2.14. The molecule has 0 amide bonds. The Bertz CT molecular complexity index is 446. The van der Waals surface area contributed by atoms with E-state index in [0.717, 1.165) is 11.1 Å². The van der Waals surface area contributed by atoms with Crippen LogP contribution in [0.2, 0.25) is 0 Å². The predicted molar refractivity (Wildman–Crippen MR) is 53.6 cm³/mol. The van der Waals surface area contributed by atoms with Gasteiger partial charge in [-0.15, -0.1) is 0 Å². The number of aromatic nitrogens is 1. The van der Waals surface area contributed by atoms with E-state index in [1.165, 1.54) is 6.26 Å². The highest BCUT2D eigenvalue weighted by Crippen LogP contribution is 2.09. The van der Waals surface area contributed by atoms with E-state index in [-0.39, 0.29) is 0 Å². The van der Waals surface area contributed by atoms with Crippen LogP contribution in [0.15, 0.2) is 41.1 Å². The minimum atomic E-state index is 0.391. The SMILES string of the molecule is Cc1cccc(C(=N)c2ccon2)c1. The van der Waals surface area contributed by atoms with Gasteiger partial charge in [-0.05, 0) is 13.0 Å². The molecule has 3 heteroatoms. The molecule has 0 aliphatic rings. The van der Waals surface area contributed by atoms with Crippen LogP contribution in [0.1, 0.15) is 16.8 Å². The summed E-state index contributed by atoms with van der Waals surface area (Å²) in [5.74, 6) is 0. The molecule has 0 saturated heterocycles. The van der Waals surface area contributed by atoms with Gasteiger partial charge in [0, 0.05) is 11.6 Å². The lowest BCUT2D eigenvalue weighted by Gasteiger charge is -2.00. The van der Waals surface area contributed by atoms with Gasteiger partial charge in [0.25, 0.3) is 0 Å². The first-order valence-corrected chi connectivity index (χ1v) is 4.34. The Morgan fingerprint density at radius 1 is 1.36 bits per heavy atom. The Morgan fingerprint density at radius 3 is 2.86 bits per heavy atom. The average Bonchev–Trinajstić information content (AvgIpc) is 2.69. The van der Waals surface area contributed by atoms with Gasteiger partial charge in [0.1, 0.15) is 12.0 Å². The number of rotatable bonds is 2. The van der Waals surface area contributed by atoms with E-state index in [1.54, 1.807) is 6.07 Å². The van der Waals surface area contributed by atoms with Crippen molar-refractivity contribution >= 4 is 5.71 Å². The molecule has 0 aliphatic carbocycles. The van der Waals surface area contributed by atoms with E-state index in [1.807, 2.05) is 31.2 Å². The molecule has 0 unspecified atom stereocenters. The maximum absolute atomic E-state index is 7.86. The Morgan fingerprint density at radius 2 is 2.21 bits per heavy atom. The molecule has 1 N–H and O–H groups in total. The van der Waals surface area contributed by atoms with Crippen molar-refractivity contribution in [1.82, 2.24) is 5.16 Å². The van der Waals surface area contributed by atoms with Crippen LogP contribution < -0.4 is 0 Å². The summed E-state index contributed by atoms with van der Waals surface area (Å²) in [5.41, 5.74) is 2.95. The zero-order valence-electron chi connectivity index (χ0n) is 7.82. The van der Waals surface area contributed by atoms with Gasteiger partial charge in [0.2, 0.25) is 0 Å². The molecule has 0 bridgehead atoms. The fourth-order valence-electron chi connectivity index (χ4n) is 1.29. The Hall–Kier alpha value is -1.90. The van der Waals surface area contributed by atoms with Crippen molar-refractivity contribution in [3.63, 3.8) is 0 Å². The van der Waals surface area contributed by atoms with Gasteiger partial charge in [-0.1, -0.05) is 28.9 Å². The van der Waals surface area contributed by atoms with Crippen LogP contribution in [-0.2, 0) is 0 Å². The first kappa shape index (κ1) is 8.69. The van der Waals surface area contributed by atoms with E-state index in [2.05, 4.69) is 5.16 Å². The van der Waals surface area contributed by atoms with Crippen LogP contribution in [-0.4, -0.2) is 10.9 Å². The van der Waals surface area contributed by atoms with Crippen molar-refractivity contribution in [3.8, 4) is 0 Å². The van der Waals surface area contributed by atoms with Gasteiger partial charge in [-0.2, -0.15) is 0 Å². The molecule has 14 heavy (non-hydrogen) atoms. The van der Waals surface area contributed by atoms with E-state index in [4.69, 9.17) is 9.93 Å². The second-order valence-corrected chi connectivity index (χ2v) is 3.13. The number of nitrogens with zero attached hydrogens (tertiary/aromatic N) is 1. The van der Waals surface area contributed by atoms with Crippen molar-refractivity contribution in [2.75, 3.05) is 0 Å². The third-order valence-electron chi connectivity index (χ3n) is 2.00.